The SMILES string of the molecule is Cc1ncc(CN(CC(=O)O)C2CCS(=O)(=O)C2)s1. The van der Waals surface area contributed by atoms with Crippen LogP contribution in [0.15, 0.2) is 6.20 Å². The van der Waals surface area contributed by atoms with E-state index >= 15 is 0 Å². The number of sulfone groups is 1. The summed E-state index contributed by atoms with van der Waals surface area (Å²) in [5, 5.41) is 9.87. The lowest BCUT2D eigenvalue weighted by Gasteiger charge is -2.25. The summed E-state index contributed by atoms with van der Waals surface area (Å²) in [6, 6.07) is -0.205. The first kappa shape index (κ1) is 14.4. The third-order valence-corrected chi connectivity index (χ3v) is 5.74. The molecule has 0 spiro atoms. The van der Waals surface area contributed by atoms with Crippen molar-refractivity contribution in [2.45, 2.75) is 25.9 Å². The Morgan fingerprint density at radius 1 is 1.63 bits per heavy atom. The van der Waals surface area contributed by atoms with Crippen molar-refractivity contribution in [1.82, 2.24) is 9.88 Å². The Morgan fingerprint density at radius 2 is 2.37 bits per heavy atom. The molecule has 0 radical (unpaired) electrons. The Balaban J connectivity index is 2.10. The lowest BCUT2D eigenvalue weighted by atomic mass is 10.2. The molecular weight excluding hydrogens is 288 g/mol. The molecule has 0 aliphatic carbocycles. The van der Waals surface area contributed by atoms with Gasteiger partial charge in [-0.15, -0.1) is 11.3 Å². The zero-order valence-corrected chi connectivity index (χ0v) is 12.2. The van der Waals surface area contributed by atoms with E-state index in [4.69, 9.17) is 5.11 Å². The van der Waals surface area contributed by atoms with Crippen LogP contribution in [0, 0.1) is 6.92 Å². The zero-order valence-electron chi connectivity index (χ0n) is 10.6. The number of hydrogen-bond acceptors (Lipinski definition) is 6. The topological polar surface area (TPSA) is 87.6 Å². The van der Waals surface area contributed by atoms with E-state index in [0.29, 0.717) is 13.0 Å². The summed E-state index contributed by atoms with van der Waals surface area (Å²) >= 11 is 1.51. The second-order valence-electron chi connectivity index (χ2n) is 4.70. The molecule has 2 heterocycles. The van der Waals surface area contributed by atoms with Crippen LogP contribution >= 0.6 is 11.3 Å². The van der Waals surface area contributed by atoms with Crippen molar-refractivity contribution < 1.29 is 18.3 Å². The maximum absolute atomic E-state index is 11.5. The van der Waals surface area contributed by atoms with Crippen molar-refractivity contribution in [1.29, 1.82) is 0 Å². The molecular formula is C11H16N2O4S2. The smallest absolute Gasteiger partial charge is 0.317 e. The lowest BCUT2D eigenvalue weighted by molar-refractivity contribution is -0.139. The minimum Gasteiger partial charge on any atom is -0.480 e. The highest BCUT2D eigenvalue weighted by atomic mass is 32.2. The van der Waals surface area contributed by atoms with Crippen LogP contribution in [-0.4, -0.2) is 53.5 Å². The van der Waals surface area contributed by atoms with Crippen molar-refractivity contribution in [2.75, 3.05) is 18.1 Å². The van der Waals surface area contributed by atoms with E-state index in [2.05, 4.69) is 4.98 Å². The normalized spacial score (nSPS) is 21.9. The molecule has 1 aliphatic heterocycles. The standard InChI is InChI=1S/C11H16N2O4S2/c1-8-12-4-10(18-8)5-13(6-11(14)15)9-2-3-19(16,17)7-9/h4,9H,2-3,5-7H2,1H3,(H,14,15). The van der Waals surface area contributed by atoms with Crippen molar-refractivity contribution >= 4 is 27.1 Å². The van der Waals surface area contributed by atoms with Gasteiger partial charge in [-0.2, -0.15) is 0 Å². The fraction of sp³-hybridized carbons (Fsp3) is 0.636. The molecule has 0 saturated carbocycles. The van der Waals surface area contributed by atoms with Gasteiger partial charge in [-0.1, -0.05) is 0 Å². The van der Waals surface area contributed by atoms with Gasteiger partial charge in [0.25, 0.3) is 0 Å². The van der Waals surface area contributed by atoms with E-state index in [1.165, 1.54) is 11.3 Å². The van der Waals surface area contributed by atoms with Gasteiger partial charge in [0.1, 0.15) is 0 Å². The number of aromatic nitrogens is 1. The minimum absolute atomic E-state index is 0.0536. The van der Waals surface area contributed by atoms with Crippen LogP contribution in [-0.2, 0) is 21.2 Å². The average molecular weight is 304 g/mol. The van der Waals surface area contributed by atoms with Gasteiger partial charge in [0.15, 0.2) is 9.84 Å². The quantitative estimate of drug-likeness (QED) is 0.853. The molecule has 106 valence electrons. The summed E-state index contributed by atoms with van der Waals surface area (Å²) < 4.78 is 23.0. The third kappa shape index (κ3) is 3.99. The number of aliphatic carboxylic acids is 1. The first-order valence-corrected chi connectivity index (χ1v) is 8.57. The molecule has 2 rings (SSSR count). The molecule has 1 atom stereocenters. The molecule has 6 nitrogen and oxygen atoms in total. The summed E-state index contributed by atoms with van der Waals surface area (Å²) in [4.78, 5) is 17.7. The summed E-state index contributed by atoms with van der Waals surface area (Å²) in [6.45, 7) is 2.19. The maximum atomic E-state index is 11.5. The number of aryl methyl sites for hydroxylation is 1. The zero-order chi connectivity index (χ0) is 14.0. The lowest BCUT2D eigenvalue weighted by Crippen LogP contribution is -2.39. The second kappa shape index (κ2) is 5.56. The van der Waals surface area contributed by atoms with Crippen molar-refractivity contribution in [3.63, 3.8) is 0 Å². The van der Waals surface area contributed by atoms with E-state index < -0.39 is 15.8 Å². The molecule has 1 N–H and O–H groups in total. The first-order chi connectivity index (χ1) is 8.85. The van der Waals surface area contributed by atoms with Gasteiger partial charge in [0.05, 0.1) is 23.1 Å². The molecule has 1 fully saturated rings. The predicted octanol–water partition coefficient (Wildman–Crippen LogP) is 0.525. The summed E-state index contributed by atoms with van der Waals surface area (Å²) in [5.74, 6) is -0.737. The van der Waals surface area contributed by atoms with E-state index in [1.807, 2.05) is 6.92 Å². The Morgan fingerprint density at radius 3 is 2.84 bits per heavy atom. The van der Waals surface area contributed by atoms with Crippen LogP contribution in [0.1, 0.15) is 16.3 Å². The van der Waals surface area contributed by atoms with E-state index in [0.717, 1.165) is 9.88 Å². The molecule has 0 aromatic carbocycles. The molecule has 1 unspecified atom stereocenters. The monoisotopic (exact) mass is 304 g/mol. The van der Waals surface area contributed by atoms with E-state index in [1.54, 1.807) is 11.1 Å². The number of carboxylic acids is 1. The number of hydrogen-bond donors (Lipinski definition) is 1. The maximum Gasteiger partial charge on any atom is 0.317 e. The Kier molecular flexibility index (Phi) is 4.22. The minimum atomic E-state index is -3.01. The number of carboxylic acid groups (broad SMARTS) is 1. The summed E-state index contributed by atoms with van der Waals surface area (Å²) in [5.41, 5.74) is 0. The van der Waals surface area contributed by atoms with Crippen LogP contribution in [0.2, 0.25) is 0 Å². The van der Waals surface area contributed by atoms with Crippen LogP contribution < -0.4 is 0 Å². The largest absolute Gasteiger partial charge is 0.480 e. The number of thiazole rings is 1. The molecule has 1 aliphatic rings. The van der Waals surface area contributed by atoms with Crippen molar-refractivity contribution in [3.8, 4) is 0 Å². The van der Waals surface area contributed by atoms with Gasteiger partial charge in [0.2, 0.25) is 0 Å². The van der Waals surface area contributed by atoms with Gasteiger partial charge in [-0.3, -0.25) is 9.69 Å². The third-order valence-electron chi connectivity index (χ3n) is 3.09. The van der Waals surface area contributed by atoms with Crippen LogP contribution in [0.25, 0.3) is 0 Å². The number of nitrogens with zero attached hydrogens (tertiary/aromatic N) is 2. The van der Waals surface area contributed by atoms with Gasteiger partial charge in [0, 0.05) is 23.7 Å². The molecule has 1 saturated heterocycles. The Bertz CT molecular complexity index is 567. The predicted molar refractivity (Wildman–Crippen MR) is 72.0 cm³/mol. The van der Waals surface area contributed by atoms with Crippen LogP contribution in [0.5, 0.6) is 0 Å². The Hall–Kier alpha value is -0.990. The van der Waals surface area contributed by atoms with Crippen molar-refractivity contribution in [2.24, 2.45) is 0 Å². The van der Waals surface area contributed by atoms with Crippen LogP contribution in [0.3, 0.4) is 0 Å². The molecule has 1 aromatic rings. The highest BCUT2D eigenvalue weighted by molar-refractivity contribution is 7.91. The highest BCUT2D eigenvalue weighted by Gasteiger charge is 2.33. The molecule has 0 amide bonds. The second-order valence-corrected chi connectivity index (χ2v) is 8.25. The van der Waals surface area contributed by atoms with Crippen LogP contribution in [0.4, 0.5) is 0 Å². The van der Waals surface area contributed by atoms with Gasteiger partial charge in [-0.25, -0.2) is 13.4 Å². The van der Waals surface area contributed by atoms with E-state index in [9.17, 15) is 13.2 Å². The molecule has 1 aromatic heterocycles. The molecule has 19 heavy (non-hydrogen) atoms. The summed E-state index contributed by atoms with van der Waals surface area (Å²) in [6.07, 6.45) is 2.23. The van der Waals surface area contributed by atoms with E-state index in [-0.39, 0.29) is 24.1 Å². The summed E-state index contributed by atoms with van der Waals surface area (Å²) in [7, 11) is -3.01. The first-order valence-electron chi connectivity index (χ1n) is 5.93. The molecule has 0 bridgehead atoms. The number of rotatable bonds is 5. The average Bonchev–Trinajstić information content (AvgIpc) is 2.83. The fourth-order valence-electron chi connectivity index (χ4n) is 2.23. The molecule has 8 heteroatoms. The Labute approximate surface area is 116 Å². The van der Waals surface area contributed by atoms with Gasteiger partial charge < -0.3 is 5.11 Å². The highest BCUT2D eigenvalue weighted by Crippen LogP contribution is 2.21. The fourth-order valence-corrected chi connectivity index (χ4v) is 4.81. The van der Waals surface area contributed by atoms with Gasteiger partial charge in [-0.05, 0) is 13.3 Å². The number of carbonyl (C=O) groups is 1. The van der Waals surface area contributed by atoms with Crippen molar-refractivity contribution in [3.05, 3.63) is 16.1 Å². The van der Waals surface area contributed by atoms with Gasteiger partial charge >= 0.3 is 5.97 Å².